The van der Waals surface area contributed by atoms with E-state index in [-0.39, 0.29) is 5.91 Å². The highest BCUT2D eigenvalue weighted by molar-refractivity contribution is 5.92. The fourth-order valence-electron chi connectivity index (χ4n) is 2.99. The van der Waals surface area contributed by atoms with Crippen LogP contribution in [0.2, 0.25) is 0 Å². The van der Waals surface area contributed by atoms with Gasteiger partial charge in [0, 0.05) is 25.8 Å². The van der Waals surface area contributed by atoms with Crippen molar-refractivity contribution in [2.75, 3.05) is 18.4 Å². The molecule has 144 valence electrons. The molecule has 5 nitrogen and oxygen atoms in total. The predicted octanol–water partition coefficient (Wildman–Crippen LogP) is 4.18. The van der Waals surface area contributed by atoms with E-state index in [4.69, 9.17) is 0 Å². The molecule has 1 heterocycles. The zero-order valence-corrected chi connectivity index (χ0v) is 16.2. The summed E-state index contributed by atoms with van der Waals surface area (Å²) in [5.74, 6) is 0.413. The van der Waals surface area contributed by atoms with Crippen molar-refractivity contribution in [3.63, 3.8) is 0 Å². The van der Waals surface area contributed by atoms with E-state index in [0.717, 1.165) is 24.9 Å². The molecule has 5 heteroatoms. The van der Waals surface area contributed by atoms with E-state index in [0.29, 0.717) is 24.7 Å². The first-order chi connectivity index (χ1) is 13.8. The van der Waals surface area contributed by atoms with Crippen LogP contribution in [0.15, 0.2) is 72.9 Å². The number of nitrogens with zero attached hydrogens (tertiary/aromatic N) is 3. The van der Waals surface area contributed by atoms with Crippen LogP contribution >= 0.6 is 0 Å². The van der Waals surface area contributed by atoms with Crippen LogP contribution in [-0.4, -0.2) is 33.9 Å². The Hall–Kier alpha value is -3.21. The smallest absolute Gasteiger partial charge is 0.272 e. The Bertz CT molecular complexity index is 868. The Morgan fingerprint density at radius 1 is 0.964 bits per heavy atom. The molecular formula is C23H26N4O. The highest BCUT2D eigenvalue weighted by atomic mass is 16.2. The summed E-state index contributed by atoms with van der Waals surface area (Å²) in [6, 6.07) is 22.0. The lowest BCUT2D eigenvalue weighted by Crippen LogP contribution is -2.31. The van der Waals surface area contributed by atoms with E-state index in [1.165, 1.54) is 5.56 Å². The molecule has 2 aromatic carbocycles. The molecule has 0 aliphatic carbocycles. The van der Waals surface area contributed by atoms with Gasteiger partial charge in [0.2, 0.25) is 5.95 Å². The van der Waals surface area contributed by atoms with Crippen molar-refractivity contribution >= 4 is 11.9 Å². The molecule has 0 spiro atoms. The van der Waals surface area contributed by atoms with Crippen molar-refractivity contribution in [2.24, 2.45) is 0 Å². The van der Waals surface area contributed by atoms with Gasteiger partial charge in [0.1, 0.15) is 5.69 Å². The fourth-order valence-corrected chi connectivity index (χ4v) is 2.99. The molecule has 0 aliphatic rings. The van der Waals surface area contributed by atoms with Crippen LogP contribution in [0.25, 0.3) is 0 Å². The molecule has 1 amide bonds. The van der Waals surface area contributed by atoms with Crippen LogP contribution in [0.5, 0.6) is 0 Å². The molecule has 1 aromatic heterocycles. The minimum Gasteiger partial charge on any atom is -0.354 e. The van der Waals surface area contributed by atoms with E-state index < -0.39 is 0 Å². The highest BCUT2D eigenvalue weighted by Crippen LogP contribution is 2.10. The molecular weight excluding hydrogens is 348 g/mol. The Labute approximate surface area is 166 Å². The van der Waals surface area contributed by atoms with Gasteiger partial charge in [0.15, 0.2) is 0 Å². The van der Waals surface area contributed by atoms with Gasteiger partial charge in [-0.1, -0.05) is 60.7 Å². The second-order valence-corrected chi connectivity index (χ2v) is 6.59. The van der Waals surface area contributed by atoms with E-state index >= 15 is 0 Å². The average molecular weight is 374 g/mol. The van der Waals surface area contributed by atoms with Crippen LogP contribution in [0, 0.1) is 0 Å². The molecule has 3 aromatic rings. The molecule has 0 atom stereocenters. The number of nitrogens with one attached hydrogen (secondary N) is 1. The molecule has 0 saturated carbocycles. The number of carbonyl (C=O) groups is 1. The SMILES string of the molecule is CCN(Cc1ccccc1)C(=O)c1ccnc(NCCCc2ccccc2)n1. The number of aryl methyl sites for hydroxylation is 1. The van der Waals surface area contributed by atoms with Gasteiger partial charge in [-0.25, -0.2) is 9.97 Å². The summed E-state index contributed by atoms with van der Waals surface area (Å²) in [6.45, 7) is 3.93. The van der Waals surface area contributed by atoms with E-state index in [2.05, 4.69) is 39.6 Å². The maximum absolute atomic E-state index is 12.9. The number of hydrogen-bond acceptors (Lipinski definition) is 4. The van der Waals surface area contributed by atoms with Crippen LogP contribution in [0.3, 0.4) is 0 Å². The number of amides is 1. The summed E-state index contributed by atoms with van der Waals surface area (Å²) in [6.07, 6.45) is 3.60. The van der Waals surface area contributed by atoms with Crippen molar-refractivity contribution < 1.29 is 4.79 Å². The van der Waals surface area contributed by atoms with Gasteiger partial charge in [-0.3, -0.25) is 4.79 Å². The average Bonchev–Trinajstić information content (AvgIpc) is 2.76. The second-order valence-electron chi connectivity index (χ2n) is 6.59. The summed E-state index contributed by atoms with van der Waals surface area (Å²) < 4.78 is 0. The molecule has 0 fully saturated rings. The topological polar surface area (TPSA) is 58.1 Å². The molecule has 0 radical (unpaired) electrons. The Morgan fingerprint density at radius 3 is 2.32 bits per heavy atom. The Morgan fingerprint density at radius 2 is 1.64 bits per heavy atom. The first-order valence-corrected chi connectivity index (χ1v) is 9.70. The van der Waals surface area contributed by atoms with E-state index in [9.17, 15) is 4.79 Å². The molecule has 0 unspecified atom stereocenters. The number of aromatic nitrogens is 2. The monoisotopic (exact) mass is 374 g/mol. The lowest BCUT2D eigenvalue weighted by atomic mass is 10.1. The number of benzene rings is 2. The first-order valence-electron chi connectivity index (χ1n) is 9.70. The predicted molar refractivity (Wildman–Crippen MR) is 112 cm³/mol. The molecule has 3 rings (SSSR count). The lowest BCUT2D eigenvalue weighted by Gasteiger charge is -2.20. The van der Waals surface area contributed by atoms with Gasteiger partial charge < -0.3 is 10.2 Å². The number of hydrogen-bond donors (Lipinski definition) is 1. The largest absolute Gasteiger partial charge is 0.354 e. The minimum atomic E-state index is -0.0823. The van der Waals surface area contributed by atoms with Crippen molar-refractivity contribution in [3.8, 4) is 0 Å². The Balaban J connectivity index is 1.56. The zero-order valence-electron chi connectivity index (χ0n) is 16.2. The molecule has 28 heavy (non-hydrogen) atoms. The molecule has 0 saturated heterocycles. The summed E-state index contributed by atoms with van der Waals surface area (Å²) >= 11 is 0. The number of carbonyl (C=O) groups excluding carboxylic acids is 1. The van der Waals surface area contributed by atoms with Crippen LogP contribution in [0.4, 0.5) is 5.95 Å². The van der Waals surface area contributed by atoms with Crippen molar-refractivity contribution in [1.29, 1.82) is 0 Å². The maximum Gasteiger partial charge on any atom is 0.272 e. The summed E-state index contributed by atoms with van der Waals surface area (Å²) in [5, 5.41) is 3.22. The third-order valence-corrected chi connectivity index (χ3v) is 4.53. The standard InChI is InChI=1S/C23H26N4O/c1-2-27(18-20-12-7-4-8-13-20)22(28)21-15-17-25-23(26-21)24-16-9-14-19-10-5-3-6-11-19/h3-8,10-13,15,17H,2,9,14,16,18H2,1H3,(H,24,25,26). The van der Waals surface area contributed by atoms with Gasteiger partial charge >= 0.3 is 0 Å². The quantitative estimate of drug-likeness (QED) is 0.571. The van der Waals surface area contributed by atoms with Gasteiger partial charge in [-0.2, -0.15) is 0 Å². The maximum atomic E-state index is 12.9. The van der Waals surface area contributed by atoms with Gasteiger partial charge in [-0.15, -0.1) is 0 Å². The van der Waals surface area contributed by atoms with Crippen LogP contribution in [-0.2, 0) is 13.0 Å². The Kier molecular flexibility index (Phi) is 7.13. The van der Waals surface area contributed by atoms with Gasteiger partial charge in [-0.05, 0) is 37.0 Å². The summed E-state index contributed by atoms with van der Waals surface area (Å²) in [7, 11) is 0. The van der Waals surface area contributed by atoms with Crippen molar-refractivity contribution in [3.05, 3.63) is 89.7 Å². The second kappa shape index (κ2) is 10.2. The fraction of sp³-hybridized carbons (Fsp3) is 0.261. The van der Waals surface area contributed by atoms with Gasteiger partial charge in [0.05, 0.1) is 0 Å². The summed E-state index contributed by atoms with van der Waals surface area (Å²) in [4.78, 5) is 23.3. The van der Waals surface area contributed by atoms with Gasteiger partial charge in [0.25, 0.3) is 5.91 Å². The van der Waals surface area contributed by atoms with Crippen molar-refractivity contribution in [2.45, 2.75) is 26.3 Å². The lowest BCUT2D eigenvalue weighted by molar-refractivity contribution is 0.0746. The third kappa shape index (κ3) is 5.64. The normalized spacial score (nSPS) is 10.5. The van der Waals surface area contributed by atoms with E-state index in [1.54, 1.807) is 17.2 Å². The molecule has 1 N–H and O–H groups in total. The van der Waals surface area contributed by atoms with E-state index in [1.807, 2.05) is 43.3 Å². The summed E-state index contributed by atoms with van der Waals surface area (Å²) in [5.41, 5.74) is 2.83. The first kappa shape index (κ1) is 19.5. The molecule has 0 aliphatic heterocycles. The third-order valence-electron chi connectivity index (χ3n) is 4.53. The highest BCUT2D eigenvalue weighted by Gasteiger charge is 2.16. The number of rotatable bonds is 9. The molecule has 0 bridgehead atoms. The minimum absolute atomic E-state index is 0.0823. The van der Waals surface area contributed by atoms with Crippen LogP contribution in [0.1, 0.15) is 35.0 Å². The van der Waals surface area contributed by atoms with Crippen LogP contribution < -0.4 is 5.32 Å². The number of anilines is 1. The van der Waals surface area contributed by atoms with Crippen molar-refractivity contribution in [1.82, 2.24) is 14.9 Å². The zero-order chi connectivity index (χ0) is 19.6.